The van der Waals surface area contributed by atoms with E-state index >= 15 is 0 Å². The molecule has 0 unspecified atom stereocenters. The van der Waals surface area contributed by atoms with E-state index in [9.17, 15) is 14.4 Å². The zero-order valence-corrected chi connectivity index (χ0v) is 14.7. The average Bonchev–Trinajstić information content (AvgIpc) is 3.23. The van der Waals surface area contributed by atoms with Crippen molar-refractivity contribution in [3.05, 3.63) is 58.6 Å². The van der Waals surface area contributed by atoms with E-state index in [1.54, 1.807) is 50.5 Å². The molecule has 27 heavy (non-hydrogen) atoms. The molecule has 9 nitrogen and oxygen atoms in total. The molecule has 0 saturated carbocycles. The standard InChI is InChI=1S/C17H14ClN5O4/c18-10-1-2-11-7-13(20-23(11)8-10)15(24)21-5-6-22-12(9-21)3-4-14(22)16(25)27-17(19)26/h1-4,7-8H,5-6,9H2,(H2,19,26). The average molecular weight is 388 g/mol. The van der Waals surface area contributed by atoms with E-state index in [2.05, 4.69) is 9.84 Å². The van der Waals surface area contributed by atoms with Crippen LogP contribution < -0.4 is 5.73 Å². The van der Waals surface area contributed by atoms with Gasteiger partial charge in [0.2, 0.25) is 0 Å². The van der Waals surface area contributed by atoms with Crippen LogP contribution in [0.5, 0.6) is 0 Å². The van der Waals surface area contributed by atoms with Gasteiger partial charge in [-0.25, -0.2) is 14.1 Å². The maximum Gasteiger partial charge on any atom is 0.412 e. The highest BCUT2D eigenvalue weighted by Crippen LogP contribution is 2.20. The number of aromatic nitrogens is 3. The van der Waals surface area contributed by atoms with Gasteiger partial charge < -0.3 is 19.9 Å². The lowest BCUT2D eigenvalue weighted by Gasteiger charge is -2.28. The normalized spacial score (nSPS) is 13.4. The number of nitrogens with two attached hydrogens (primary N) is 1. The zero-order chi connectivity index (χ0) is 19.1. The molecule has 4 rings (SSSR count). The van der Waals surface area contributed by atoms with Gasteiger partial charge in [0.25, 0.3) is 5.91 Å². The van der Waals surface area contributed by atoms with Crippen LogP contribution in [0.1, 0.15) is 26.7 Å². The summed E-state index contributed by atoms with van der Waals surface area (Å²) in [5.41, 5.74) is 6.92. The minimum Gasteiger partial charge on any atom is -0.372 e. The van der Waals surface area contributed by atoms with Crippen LogP contribution in [0.3, 0.4) is 0 Å². The molecule has 0 aliphatic carbocycles. The van der Waals surface area contributed by atoms with Crippen LogP contribution in [0.15, 0.2) is 36.5 Å². The van der Waals surface area contributed by atoms with Crippen molar-refractivity contribution in [2.45, 2.75) is 13.1 Å². The van der Waals surface area contributed by atoms with Gasteiger partial charge in [-0.1, -0.05) is 11.6 Å². The van der Waals surface area contributed by atoms with Gasteiger partial charge in [-0.3, -0.25) is 4.79 Å². The first-order valence-corrected chi connectivity index (χ1v) is 8.44. The number of hydrogen-bond acceptors (Lipinski definition) is 5. The van der Waals surface area contributed by atoms with Crippen LogP contribution in [-0.4, -0.2) is 43.6 Å². The summed E-state index contributed by atoms with van der Waals surface area (Å²) in [7, 11) is 0. The van der Waals surface area contributed by atoms with Gasteiger partial charge in [0.05, 0.1) is 17.1 Å². The SMILES string of the molecule is NC(=O)OC(=O)c1ccc2n1CCN(C(=O)c1cc3ccc(Cl)cn3n1)C2. The molecule has 1 aliphatic heterocycles. The Balaban J connectivity index is 1.55. The summed E-state index contributed by atoms with van der Waals surface area (Å²) in [5.74, 6) is -1.03. The van der Waals surface area contributed by atoms with Crippen LogP contribution in [0.2, 0.25) is 5.02 Å². The van der Waals surface area contributed by atoms with E-state index in [-0.39, 0.29) is 11.6 Å². The highest BCUT2D eigenvalue weighted by Gasteiger charge is 2.27. The van der Waals surface area contributed by atoms with Gasteiger partial charge in [-0.2, -0.15) is 5.10 Å². The summed E-state index contributed by atoms with van der Waals surface area (Å²) in [6.07, 6.45) is 0.473. The fourth-order valence-electron chi connectivity index (χ4n) is 3.13. The van der Waals surface area contributed by atoms with Crippen LogP contribution in [0.25, 0.3) is 5.52 Å². The lowest BCUT2D eigenvalue weighted by atomic mass is 10.2. The maximum atomic E-state index is 12.8. The van der Waals surface area contributed by atoms with Crippen molar-refractivity contribution in [2.75, 3.05) is 6.54 Å². The number of hydrogen-bond donors (Lipinski definition) is 1. The Kier molecular flexibility index (Phi) is 4.08. The number of amides is 2. The van der Waals surface area contributed by atoms with Crippen molar-refractivity contribution in [1.29, 1.82) is 0 Å². The Labute approximate surface area is 157 Å². The van der Waals surface area contributed by atoms with Crippen molar-refractivity contribution < 1.29 is 19.1 Å². The van der Waals surface area contributed by atoms with Crippen molar-refractivity contribution >= 4 is 35.1 Å². The van der Waals surface area contributed by atoms with Gasteiger partial charge >= 0.3 is 12.1 Å². The predicted molar refractivity (Wildman–Crippen MR) is 94.4 cm³/mol. The highest BCUT2D eigenvalue weighted by molar-refractivity contribution is 6.30. The van der Waals surface area contributed by atoms with Gasteiger partial charge in [0, 0.05) is 25.0 Å². The number of pyridine rings is 1. The Hall–Kier alpha value is -3.33. The third kappa shape index (κ3) is 3.13. The van der Waals surface area contributed by atoms with E-state index < -0.39 is 12.1 Å². The molecule has 0 radical (unpaired) electrons. The van der Waals surface area contributed by atoms with E-state index in [4.69, 9.17) is 17.3 Å². The molecular weight excluding hydrogens is 374 g/mol. The van der Waals surface area contributed by atoms with Crippen LogP contribution in [-0.2, 0) is 17.8 Å². The first kappa shape index (κ1) is 17.1. The molecule has 2 N–H and O–H groups in total. The smallest absolute Gasteiger partial charge is 0.372 e. The summed E-state index contributed by atoms with van der Waals surface area (Å²) < 4.78 is 7.69. The molecular formula is C17H14ClN5O4. The molecule has 0 bridgehead atoms. The van der Waals surface area contributed by atoms with Crippen LogP contribution in [0.4, 0.5) is 4.79 Å². The first-order valence-electron chi connectivity index (χ1n) is 8.06. The molecule has 0 spiro atoms. The molecule has 1 aliphatic rings. The van der Waals surface area contributed by atoms with Gasteiger partial charge in [0.15, 0.2) is 5.69 Å². The van der Waals surface area contributed by atoms with E-state index in [0.717, 1.165) is 11.2 Å². The number of ether oxygens (including phenoxy) is 1. The van der Waals surface area contributed by atoms with Gasteiger partial charge in [-0.15, -0.1) is 0 Å². The molecule has 0 aromatic carbocycles. The minimum atomic E-state index is -1.16. The van der Waals surface area contributed by atoms with Gasteiger partial charge in [0.1, 0.15) is 5.69 Å². The fourth-order valence-corrected chi connectivity index (χ4v) is 3.29. The molecule has 0 atom stereocenters. The highest BCUT2D eigenvalue weighted by atomic mass is 35.5. The number of carbonyl (C=O) groups is 3. The van der Waals surface area contributed by atoms with E-state index in [0.29, 0.717) is 30.4 Å². The number of nitrogens with zero attached hydrogens (tertiary/aromatic N) is 4. The summed E-state index contributed by atoms with van der Waals surface area (Å²) in [5, 5.41) is 4.80. The topological polar surface area (TPSA) is 112 Å². The molecule has 3 aromatic heterocycles. The molecule has 4 heterocycles. The second kappa shape index (κ2) is 6.44. The molecule has 10 heteroatoms. The number of rotatable bonds is 2. The molecule has 2 amide bonds. The molecule has 3 aromatic rings. The van der Waals surface area contributed by atoms with Crippen molar-refractivity contribution in [3.63, 3.8) is 0 Å². The molecule has 0 saturated heterocycles. The largest absolute Gasteiger partial charge is 0.412 e. The van der Waals surface area contributed by atoms with Gasteiger partial charge in [-0.05, 0) is 30.3 Å². The Bertz CT molecular complexity index is 1090. The van der Waals surface area contributed by atoms with Crippen molar-refractivity contribution in [1.82, 2.24) is 19.1 Å². The number of carbonyl (C=O) groups excluding carboxylic acids is 3. The number of esters is 1. The van der Waals surface area contributed by atoms with Crippen molar-refractivity contribution in [3.8, 4) is 0 Å². The fraction of sp³-hybridized carbons (Fsp3) is 0.176. The van der Waals surface area contributed by atoms with E-state index in [1.807, 2.05) is 0 Å². The summed E-state index contributed by atoms with van der Waals surface area (Å²) >= 11 is 5.95. The Morgan fingerprint density at radius 3 is 2.74 bits per heavy atom. The summed E-state index contributed by atoms with van der Waals surface area (Å²) in [6, 6.07) is 8.46. The number of halogens is 1. The number of primary amides is 1. The van der Waals surface area contributed by atoms with Crippen LogP contribution in [0, 0.1) is 0 Å². The summed E-state index contributed by atoms with van der Waals surface area (Å²) in [4.78, 5) is 37.1. The molecule has 138 valence electrons. The zero-order valence-electron chi connectivity index (χ0n) is 14.0. The number of fused-ring (bicyclic) bond motifs is 2. The lowest BCUT2D eigenvalue weighted by Crippen LogP contribution is -2.39. The third-order valence-corrected chi connectivity index (χ3v) is 4.57. The second-order valence-corrected chi connectivity index (χ2v) is 6.48. The molecule has 0 fully saturated rings. The summed E-state index contributed by atoms with van der Waals surface area (Å²) in [6.45, 7) is 1.07. The third-order valence-electron chi connectivity index (χ3n) is 4.35. The predicted octanol–water partition coefficient (Wildman–Crippen LogP) is 1.68. The van der Waals surface area contributed by atoms with Crippen molar-refractivity contribution in [2.24, 2.45) is 5.73 Å². The monoisotopic (exact) mass is 387 g/mol. The Morgan fingerprint density at radius 2 is 1.96 bits per heavy atom. The Morgan fingerprint density at radius 1 is 1.15 bits per heavy atom. The minimum absolute atomic E-state index is 0.219. The maximum absolute atomic E-state index is 12.8. The quantitative estimate of drug-likeness (QED) is 0.531. The first-order chi connectivity index (χ1) is 12.9. The lowest BCUT2D eigenvalue weighted by molar-refractivity contribution is 0.0620. The second-order valence-electron chi connectivity index (χ2n) is 6.04. The van der Waals surface area contributed by atoms with E-state index in [1.165, 1.54) is 0 Å². The van der Waals surface area contributed by atoms with Crippen LogP contribution >= 0.6 is 11.6 Å².